The Labute approximate surface area is 118 Å². The number of nitrogens with one attached hydrogen (secondary N) is 2. The van der Waals surface area contributed by atoms with Crippen LogP contribution in [0, 0.1) is 0 Å². The van der Waals surface area contributed by atoms with Crippen LogP contribution in [0.2, 0.25) is 9.36 Å². The van der Waals surface area contributed by atoms with E-state index >= 15 is 0 Å². The Hall–Kier alpha value is -1.23. The number of rotatable bonds is 1. The van der Waals surface area contributed by atoms with Gasteiger partial charge in [0.2, 0.25) is 0 Å². The van der Waals surface area contributed by atoms with Gasteiger partial charge in [0.25, 0.3) is 5.91 Å². The second-order valence-corrected chi connectivity index (χ2v) is 5.84. The molecule has 2 aromatic rings. The molecule has 92 valence electrons. The van der Waals surface area contributed by atoms with Gasteiger partial charge in [0, 0.05) is 10.6 Å². The molecule has 3 rings (SSSR count). The molecule has 1 aliphatic heterocycles. The van der Waals surface area contributed by atoms with Crippen LogP contribution < -0.4 is 10.6 Å². The molecule has 0 saturated carbocycles. The zero-order valence-electron chi connectivity index (χ0n) is 9.04. The van der Waals surface area contributed by atoms with Gasteiger partial charge in [-0.2, -0.15) is 0 Å². The number of anilines is 1. The minimum absolute atomic E-state index is 0.132. The number of carbonyl (C=O) groups excluding carboxylic acids is 1. The number of hydrogen-bond acceptors (Lipinski definition) is 3. The van der Waals surface area contributed by atoms with E-state index in [4.69, 9.17) is 23.2 Å². The molecule has 0 radical (unpaired) electrons. The molecule has 2 N–H and O–H groups in total. The maximum Gasteiger partial charge on any atom is 0.255 e. The third kappa shape index (κ3) is 1.96. The molecule has 18 heavy (non-hydrogen) atoms. The molecule has 0 spiro atoms. The van der Waals surface area contributed by atoms with E-state index < -0.39 is 0 Å². The van der Waals surface area contributed by atoms with Gasteiger partial charge < -0.3 is 10.6 Å². The number of thiophene rings is 1. The summed E-state index contributed by atoms with van der Waals surface area (Å²) in [5.41, 5.74) is 2.17. The van der Waals surface area contributed by atoms with E-state index in [0.717, 1.165) is 11.3 Å². The van der Waals surface area contributed by atoms with Gasteiger partial charge in [-0.25, -0.2) is 0 Å². The summed E-state index contributed by atoms with van der Waals surface area (Å²) in [6, 6.07) is 7.02. The van der Waals surface area contributed by atoms with Crippen LogP contribution in [0.25, 0.3) is 0 Å². The molecule has 1 amide bonds. The van der Waals surface area contributed by atoms with Crippen molar-refractivity contribution in [3.8, 4) is 0 Å². The molecular formula is C12H8Cl2N2OS. The summed E-state index contributed by atoms with van der Waals surface area (Å²) in [5.74, 6) is -0.132. The van der Waals surface area contributed by atoms with Crippen molar-refractivity contribution < 1.29 is 4.79 Å². The molecule has 0 aliphatic carbocycles. The summed E-state index contributed by atoms with van der Waals surface area (Å²) < 4.78 is 0.665. The van der Waals surface area contributed by atoms with Crippen molar-refractivity contribution in [2.75, 3.05) is 5.32 Å². The molecule has 0 bridgehead atoms. The van der Waals surface area contributed by atoms with Gasteiger partial charge in [-0.15, -0.1) is 11.3 Å². The van der Waals surface area contributed by atoms with E-state index in [9.17, 15) is 4.79 Å². The van der Waals surface area contributed by atoms with Crippen LogP contribution in [0.5, 0.6) is 0 Å². The summed E-state index contributed by atoms with van der Waals surface area (Å²) in [7, 11) is 0. The third-order valence-corrected chi connectivity index (χ3v) is 4.19. The quantitative estimate of drug-likeness (QED) is 0.838. The Morgan fingerprint density at radius 3 is 2.72 bits per heavy atom. The second kappa shape index (κ2) is 4.46. The largest absolute Gasteiger partial charge is 0.361 e. The fourth-order valence-electron chi connectivity index (χ4n) is 1.90. The highest BCUT2D eigenvalue weighted by Gasteiger charge is 2.26. The SMILES string of the molecule is O=C1NC(c2ccsc2Cl)Nc2cc(Cl)ccc21. The van der Waals surface area contributed by atoms with Crippen LogP contribution in [0.4, 0.5) is 5.69 Å². The van der Waals surface area contributed by atoms with Gasteiger partial charge >= 0.3 is 0 Å². The first-order valence-electron chi connectivity index (χ1n) is 5.25. The van der Waals surface area contributed by atoms with Crippen LogP contribution in [-0.2, 0) is 0 Å². The Morgan fingerprint density at radius 2 is 2.00 bits per heavy atom. The van der Waals surface area contributed by atoms with Crippen molar-refractivity contribution in [3.63, 3.8) is 0 Å². The molecule has 0 saturated heterocycles. The highest BCUT2D eigenvalue weighted by atomic mass is 35.5. The summed E-state index contributed by atoms with van der Waals surface area (Å²) in [6.07, 6.45) is -0.317. The summed E-state index contributed by atoms with van der Waals surface area (Å²) >= 11 is 13.4. The maximum absolute atomic E-state index is 12.0. The van der Waals surface area contributed by atoms with Crippen molar-refractivity contribution in [2.45, 2.75) is 6.17 Å². The maximum atomic E-state index is 12.0. The Bertz CT molecular complexity index is 626. The van der Waals surface area contributed by atoms with Crippen LogP contribution in [0.1, 0.15) is 22.1 Å². The van der Waals surface area contributed by atoms with Crippen LogP contribution in [0.15, 0.2) is 29.6 Å². The molecule has 1 aliphatic rings. The fourth-order valence-corrected chi connectivity index (χ4v) is 3.05. The van der Waals surface area contributed by atoms with Crippen molar-refractivity contribution in [1.82, 2.24) is 5.32 Å². The van der Waals surface area contributed by atoms with Gasteiger partial charge in [0.05, 0.1) is 15.6 Å². The average Bonchev–Trinajstić information content (AvgIpc) is 2.74. The van der Waals surface area contributed by atoms with E-state index in [1.54, 1.807) is 18.2 Å². The number of halogens is 2. The molecule has 2 heterocycles. The third-order valence-electron chi connectivity index (χ3n) is 2.76. The zero-order chi connectivity index (χ0) is 12.7. The first-order valence-corrected chi connectivity index (χ1v) is 6.88. The highest BCUT2D eigenvalue weighted by Crippen LogP contribution is 2.33. The molecule has 1 unspecified atom stereocenters. The van der Waals surface area contributed by atoms with Gasteiger partial charge in [0.1, 0.15) is 6.17 Å². The zero-order valence-corrected chi connectivity index (χ0v) is 11.4. The molecule has 3 nitrogen and oxygen atoms in total. The number of amides is 1. The molecule has 6 heteroatoms. The predicted molar refractivity (Wildman–Crippen MR) is 74.6 cm³/mol. The first-order chi connectivity index (χ1) is 8.65. The van der Waals surface area contributed by atoms with E-state index in [0.29, 0.717) is 14.9 Å². The lowest BCUT2D eigenvalue weighted by molar-refractivity contribution is 0.0936. The molecular weight excluding hydrogens is 291 g/mol. The van der Waals surface area contributed by atoms with Crippen molar-refractivity contribution >= 4 is 46.1 Å². The van der Waals surface area contributed by atoms with Gasteiger partial charge in [-0.3, -0.25) is 4.79 Å². The van der Waals surface area contributed by atoms with E-state index in [2.05, 4.69) is 10.6 Å². The molecule has 1 aromatic heterocycles. The molecule has 1 aromatic carbocycles. The Kier molecular flexibility index (Phi) is 2.93. The summed E-state index contributed by atoms with van der Waals surface area (Å²) in [6.45, 7) is 0. The number of carbonyl (C=O) groups is 1. The summed E-state index contributed by atoms with van der Waals surface area (Å²) in [4.78, 5) is 12.0. The number of benzene rings is 1. The Morgan fingerprint density at radius 1 is 1.17 bits per heavy atom. The van der Waals surface area contributed by atoms with Gasteiger partial charge in [-0.05, 0) is 29.6 Å². The first kappa shape index (κ1) is 11.8. The van der Waals surface area contributed by atoms with Gasteiger partial charge in [0.15, 0.2) is 0 Å². The van der Waals surface area contributed by atoms with Crippen molar-refractivity contribution in [3.05, 3.63) is 50.1 Å². The average molecular weight is 299 g/mol. The van der Waals surface area contributed by atoms with Crippen molar-refractivity contribution in [1.29, 1.82) is 0 Å². The van der Waals surface area contributed by atoms with Crippen molar-refractivity contribution in [2.24, 2.45) is 0 Å². The minimum atomic E-state index is -0.317. The standard InChI is InChI=1S/C12H8Cl2N2OS/c13-6-1-2-7-9(5-6)15-11(16-12(7)17)8-3-4-18-10(8)14/h1-5,11,15H,(H,16,17). The van der Waals surface area contributed by atoms with Gasteiger partial charge in [-0.1, -0.05) is 23.2 Å². The summed E-state index contributed by atoms with van der Waals surface area (Å²) in [5, 5.41) is 8.56. The smallest absolute Gasteiger partial charge is 0.255 e. The predicted octanol–water partition coefficient (Wildman–Crippen LogP) is 3.91. The van der Waals surface area contributed by atoms with Crippen LogP contribution >= 0.6 is 34.5 Å². The van der Waals surface area contributed by atoms with E-state index in [1.807, 2.05) is 11.4 Å². The second-order valence-electron chi connectivity index (χ2n) is 3.89. The number of hydrogen-bond donors (Lipinski definition) is 2. The highest BCUT2D eigenvalue weighted by molar-refractivity contribution is 7.14. The molecule has 1 atom stereocenters. The lowest BCUT2D eigenvalue weighted by Crippen LogP contribution is -2.38. The number of fused-ring (bicyclic) bond motifs is 1. The van der Waals surface area contributed by atoms with Crippen LogP contribution in [0.3, 0.4) is 0 Å². The lowest BCUT2D eigenvalue weighted by atomic mass is 10.1. The normalized spacial score (nSPS) is 17.9. The lowest BCUT2D eigenvalue weighted by Gasteiger charge is -2.27. The topological polar surface area (TPSA) is 41.1 Å². The fraction of sp³-hybridized carbons (Fsp3) is 0.0833. The minimum Gasteiger partial charge on any atom is -0.361 e. The van der Waals surface area contributed by atoms with E-state index in [-0.39, 0.29) is 12.1 Å². The van der Waals surface area contributed by atoms with Crippen LogP contribution in [-0.4, -0.2) is 5.91 Å². The van der Waals surface area contributed by atoms with E-state index in [1.165, 1.54) is 11.3 Å². The monoisotopic (exact) mass is 298 g/mol. The Balaban J connectivity index is 2.01. The molecule has 0 fully saturated rings.